The third-order valence-electron chi connectivity index (χ3n) is 1.65. The number of nitrogen functional groups attached to an aromatic ring is 1. The number of rotatable bonds is 1. The predicted molar refractivity (Wildman–Crippen MR) is 46.2 cm³/mol. The fourth-order valence-corrected chi connectivity index (χ4v) is 1.05. The van der Waals surface area contributed by atoms with Crippen LogP contribution in [0.2, 0.25) is 0 Å². The first-order valence-electron chi connectivity index (χ1n) is 3.56. The molecular formula is C8H8N4. The van der Waals surface area contributed by atoms with Crippen LogP contribution in [-0.4, -0.2) is 15.0 Å². The van der Waals surface area contributed by atoms with Crippen molar-refractivity contribution in [3.63, 3.8) is 0 Å². The molecular weight excluding hydrogens is 152 g/mol. The first-order valence-corrected chi connectivity index (χ1v) is 3.56. The number of aromatic nitrogens is 3. The summed E-state index contributed by atoms with van der Waals surface area (Å²) in [6, 6.07) is 1.93. The van der Waals surface area contributed by atoms with Crippen LogP contribution in [0.15, 0.2) is 31.0 Å². The maximum atomic E-state index is 5.65. The summed E-state index contributed by atoms with van der Waals surface area (Å²) in [5.74, 6) is 0.504. The molecule has 0 spiro atoms. The number of H-pyrrole nitrogens is 1. The lowest BCUT2D eigenvalue weighted by atomic mass is 10.2. The van der Waals surface area contributed by atoms with E-state index < -0.39 is 0 Å². The van der Waals surface area contributed by atoms with Gasteiger partial charge in [0, 0.05) is 29.7 Å². The third kappa shape index (κ3) is 1.03. The maximum absolute atomic E-state index is 5.65. The van der Waals surface area contributed by atoms with E-state index in [1.165, 1.54) is 6.33 Å². The van der Waals surface area contributed by atoms with E-state index in [-0.39, 0.29) is 0 Å². The molecule has 0 atom stereocenters. The van der Waals surface area contributed by atoms with Crippen LogP contribution in [0.4, 0.5) is 5.82 Å². The van der Waals surface area contributed by atoms with Crippen molar-refractivity contribution in [3.05, 3.63) is 31.0 Å². The number of nitrogens with zero attached hydrogens (tertiary/aromatic N) is 2. The molecule has 0 saturated heterocycles. The lowest BCUT2D eigenvalue weighted by molar-refractivity contribution is 1.18. The maximum Gasteiger partial charge on any atom is 0.134 e. The zero-order chi connectivity index (χ0) is 8.39. The molecule has 2 aromatic heterocycles. The normalized spacial score (nSPS) is 10.0. The molecule has 0 bridgehead atoms. The summed E-state index contributed by atoms with van der Waals surface area (Å²) in [5.41, 5.74) is 7.51. The number of nitrogens with two attached hydrogens (primary N) is 1. The molecule has 0 radical (unpaired) electrons. The molecule has 2 aromatic rings. The van der Waals surface area contributed by atoms with Crippen molar-refractivity contribution in [2.24, 2.45) is 0 Å². The summed E-state index contributed by atoms with van der Waals surface area (Å²) in [6.07, 6.45) is 6.83. The number of anilines is 1. The smallest absolute Gasteiger partial charge is 0.134 e. The van der Waals surface area contributed by atoms with Gasteiger partial charge in [-0.3, -0.25) is 0 Å². The van der Waals surface area contributed by atoms with Crippen LogP contribution in [0.3, 0.4) is 0 Å². The summed E-state index contributed by atoms with van der Waals surface area (Å²) < 4.78 is 0. The van der Waals surface area contributed by atoms with Crippen molar-refractivity contribution in [1.29, 1.82) is 0 Å². The van der Waals surface area contributed by atoms with Gasteiger partial charge in [0.15, 0.2) is 0 Å². The predicted octanol–water partition coefficient (Wildman–Crippen LogP) is 1.05. The molecule has 3 N–H and O–H groups in total. The van der Waals surface area contributed by atoms with Gasteiger partial charge in [-0.05, 0) is 6.07 Å². The third-order valence-corrected chi connectivity index (χ3v) is 1.65. The van der Waals surface area contributed by atoms with Gasteiger partial charge < -0.3 is 10.7 Å². The standard InChI is InChI=1S/C8H8N4/c9-8-7(4-11-5-12-8)6-1-2-10-3-6/h1-5,10H,(H2,9,11,12). The van der Waals surface area contributed by atoms with E-state index in [1.54, 1.807) is 6.20 Å². The molecule has 4 heteroatoms. The van der Waals surface area contributed by atoms with E-state index >= 15 is 0 Å². The molecule has 60 valence electrons. The molecule has 0 aromatic carbocycles. The van der Waals surface area contributed by atoms with Crippen LogP contribution in [0, 0.1) is 0 Å². The Bertz CT molecular complexity index is 366. The van der Waals surface area contributed by atoms with Crippen molar-refractivity contribution < 1.29 is 0 Å². The molecule has 0 aliphatic heterocycles. The van der Waals surface area contributed by atoms with E-state index in [2.05, 4.69) is 15.0 Å². The highest BCUT2D eigenvalue weighted by atomic mass is 14.9. The van der Waals surface area contributed by atoms with Gasteiger partial charge >= 0.3 is 0 Å². The summed E-state index contributed by atoms with van der Waals surface area (Å²) >= 11 is 0. The molecule has 12 heavy (non-hydrogen) atoms. The summed E-state index contributed by atoms with van der Waals surface area (Å²) in [6.45, 7) is 0. The Morgan fingerprint density at radius 2 is 2.33 bits per heavy atom. The minimum atomic E-state index is 0.504. The molecule has 0 saturated carbocycles. The Kier molecular flexibility index (Phi) is 1.51. The SMILES string of the molecule is Nc1ncncc1-c1cc[nH]c1. The van der Waals surface area contributed by atoms with E-state index in [1.807, 2.05) is 18.5 Å². The fourth-order valence-electron chi connectivity index (χ4n) is 1.05. The monoisotopic (exact) mass is 160 g/mol. The van der Waals surface area contributed by atoms with Crippen LogP contribution in [0.25, 0.3) is 11.1 Å². The Balaban J connectivity index is 2.55. The summed E-state index contributed by atoms with van der Waals surface area (Å²) in [7, 11) is 0. The van der Waals surface area contributed by atoms with Gasteiger partial charge in [0.1, 0.15) is 12.1 Å². The second-order valence-electron chi connectivity index (χ2n) is 2.42. The quantitative estimate of drug-likeness (QED) is 0.655. The average molecular weight is 160 g/mol. The van der Waals surface area contributed by atoms with E-state index in [9.17, 15) is 0 Å². The Labute approximate surface area is 69.5 Å². The molecule has 2 heterocycles. The minimum Gasteiger partial charge on any atom is -0.383 e. The highest BCUT2D eigenvalue weighted by Gasteiger charge is 2.01. The topological polar surface area (TPSA) is 67.6 Å². The molecule has 0 aliphatic carbocycles. The molecule has 0 unspecified atom stereocenters. The molecule has 2 rings (SSSR count). The molecule has 0 aliphatic rings. The highest BCUT2D eigenvalue weighted by molar-refractivity contribution is 5.71. The molecule has 4 nitrogen and oxygen atoms in total. The van der Waals surface area contributed by atoms with Gasteiger partial charge in [0.25, 0.3) is 0 Å². The first kappa shape index (κ1) is 6.84. The Hall–Kier alpha value is -1.84. The van der Waals surface area contributed by atoms with Gasteiger partial charge in [0.05, 0.1) is 0 Å². The number of aromatic amines is 1. The minimum absolute atomic E-state index is 0.504. The number of nitrogens with one attached hydrogen (secondary N) is 1. The van der Waals surface area contributed by atoms with Crippen LogP contribution < -0.4 is 5.73 Å². The Morgan fingerprint density at radius 3 is 3.00 bits per heavy atom. The second kappa shape index (κ2) is 2.65. The van der Waals surface area contributed by atoms with Gasteiger partial charge in [-0.25, -0.2) is 9.97 Å². The van der Waals surface area contributed by atoms with Crippen molar-refractivity contribution in [2.45, 2.75) is 0 Å². The highest BCUT2D eigenvalue weighted by Crippen LogP contribution is 2.21. The first-order chi connectivity index (χ1) is 5.88. The zero-order valence-corrected chi connectivity index (χ0v) is 6.36. The molecule has 0 fully saturated rings. The zero-order valence-electron chi connectivity index (χ0n) is 6.36. The van der Waals surface area contributed by atoms with Crippen molar-refractivity contribution in [2.75, 3.05) is 5.73 Å². The Morgan fingerprint density at radius 1 is 1.42 bits per heavy atom. The van der Waals surface area contributed by atoms with Crippen molar-refractivity contribution >= 4 is 5.82 Å². The van der Waals surface area contributed by atoms with Gasteiger partial charge in [-0.2, -0.15) is 0 Å². The summed E-state index contributed by atoms with van der Waals surface area (Å²) in [4.78, 5) is 10.7. The van der Waals surface area contributed by atoms with Gasteiger partial charge in [-0.1, -0.05) is 0 Å². The van der Waals surface area contributed by atoms with Crippen LogP contribution in [0.1, 0.15) is 0 Å². The van der Waals surface area contributed by atoms with E-state index in [0.717, 1.165) is 11.1 Å². The largest absolute Gasteiger partial charge is 0.383 e. The van der Waals surface area contributed by atoms with Gasteiger partial charge in [-0.15, -0.1) is 0 Å². The van der Waals surface area contributed by atoms with Crippen LogP contribution in [0.5, 0.6) is 0 Å². The number of hydrogen-bond donors (Lipinski definition) is 2. The molecule has 0 amide bonds. The van der Waals surface area contributed by atoms with Crippen molar-refractivity contribution in [3.8, 4) is 11.1 Å². The number of hydrogen-bond acceptors (Lipinski definition) is 3. The van der Waals surface area contributed by atoms with Crippen molar-refractivity contribution in [1.82, 2.24) is 15.0 Å². The van der Waals surface area contributed by atoms with E-state index in [4.69, 9.17) is 5.73 Å². The fraction of sp³-hybridized carbons (Fsp3) is 0. The van der Waals surface area contributed by atoms with Gasteiger partial charge in [0.2, 0.25) is 0 Å². The summed E-state index contributed by atoms with van der Waals surface area (Å²) in [5, 5.41) is 0. The van der Waals surface area contributed by atoms with E-state index in [0.29, 0.717) is 5.82 Å². The second-order valence-corrected chi connectivity index (χ2v) is 2.42. The average Bonchev–Trinajstić information content (AvgIpc) is 2.57. The van der Waals surface area contributed by atoms with Crippen LogP contribution >= 0.6 is 0 Å². The van der Waals surface area contributed by atoms with Crippen LogP contribution in [-0.2, 0) is 0 Å². The lowest BCUT2D eigenvalue weighted by Gasteiger charge is -1.98. The lowest BCUT2D eigenvalue weighted by Crippen LogP contribution is -1.93.